The van der Waals surface area contributed by atoms with E-state index in [-0.39, 0.29) is 19.3 Å². The number of nitrogens with one attached hydrogen (secondary N) is 3. The number of hydrogen-bond donors (Lipinski definition) is 7. The number of carboxylic acids is 1. The Morgan fingerprint density at radius 2 is 1.45 bits per heavy atom. The molecule has 1 aromatic rings. The van der Waals surface area contributed by atoms with Crippen LogP contribution in [0.25, 0.3) is 0 Å². The second-order valence-electron chi connectivity index (χ2n) is 7.65. The molecule has 0 aromatic heterocycles. The van der Waals surface area contributed by atoms with Crippen molar-refractivity contribution in [3.05, 3.63) is 35.9 Å². The van der Waals surface area contributed by atoms with Crippen molar-refractivity contribution in [2.24, 2.45) is 11.5 Å². The van der Waals surface area contributed by atoms with Crippen molar-refractivity contribution in [1.29, 1.82) is 0 Å². The number of aliphatic hydroxyl groups excluding tert-OH is 1. The molecule has 0 spiro atoms. The Morgan fingerprint density at radius 1 is 0.909 bits per heavy atom. The standard InChI is InChI=1S/C21H31N5O7/c1-11(21(32)33)24-19(30)15(10-13-6-4-3-5-7-13)26-18(29)14(8-9-16(22)28)25-20(31)17(23)12(2)27/h3-7,11-12,14-15,17,27H,8-10,23H2,1-2H3,(H2,22,28)(H,24,30)(H,25,31)(H,26,29)(H,32,33). The summed E-state index contributed by atoms with van der Waals surface area (Å²) in [6, 6.07) is 3.69. The fourth-order valence-electron chi connectivity index (χ4n) is 2.75. The molecule has 4 amide bonds. The van der Waals surface area contributed by atoms with Crippen molar-refractivity contribution in [1.82, 2.24) is 16.0 Å². The number of carbonyl (C=O) groups is 5. The van der Waals surface area contributed by atoms with E-state index in [9.17, 15) is 29.1 Å². The van der Waals surface area contributed by atoms with Crippen LogP contribution >= 0.6 is 0 Å². The normalized spacial score (nSPS) is 15.3. The molecule has 0 aliphatic rings. The third-order valence-electron chi connectivity index (χ3n) is 4.78. The summed E-state index contributed by atoms with van der Waals surface area (Å²) in [7, 11) is 0. The Kier molecular flexibility index (Phi) is 11.0. The lowest BCUT2D eigenvalue weighted by atomic mass is 10.0. The SMILES string of the molecule is CC(NC(=O)C(Cc1ccccc1)NC(=O)C(CCC(N)=O)NC(=O)C(N)C(C)O)C(=O)O. The molecule has 0 aliphatic carbocycles. The Bertz CT molecular complexity index is 847. The highest BCUT2D eigenvalue weighted by molar-refractivity contribution is 5.94. The minimum Gasteiger partial charge on any atom is -0.480 e. The number of benzene rings is 1. The smallest absolute Gasteiger partial charge is 0.325 e. The highest BCUT2D eigenvalue weighted by Gasteiger charge is 2.30. The van der Waals surface area contributed by atoms with Crippen LogP contribution in [0.3, 0.4) is 0 Å². The molecule has 0 bridgehead atoms. The van der Waals surface area contributed by atoms with Gasteiger partial charge in [-0.3, -0.25) is 24.0 Å². The Hall–Kier alpha value is -3.51. The van der Waals surface area contributed by atoms with E-state index < -0.39 is 59.9 Å². The first-order valence-corrected chi connectivity index (χ1v) is 10.3. The maximum Gasteiger partial charge on any atom is 0.325 e. The van der Waals surface area contributed by atoms with Gasteiger partial charge in [-0.25, -0.2) is 0 Å². The largest absolute Gasteiger partial charge is 0.480 e. The zero-order valence-corrected chi connectivity index (χ0v) is 18.5. The van der Waals surface area contributed by atoms with Crippen LogP contribution < -0.4 is 27.4 Å². The second kappa shape index (κ2) is 13.1. The number of rotatable bonds is 13. The van der Waals surface area contributed by atoms with Crippen molar-refractivity contribution in [3.8, 4) is 0 Å². The lowest BCUT2D eigenvalue weighted by Gasteiger charge is -2.25. The summed E-state index contributed by atoms with van der Waals surface area (Å²) in [5.74, 6) is -4.36. The number of amides is 4. The van der Waals surface area contributed by atoms with E-state index in [1.807, 2.05) is 0 Å². The van der Waals surface area contributed by atoms with Crippen LogP contribution in [0, 0.1) is 0 Å². The van der Waals surface area contributed by atoms with Crippen LogP contribution in [0.15, 0.2) is 30.3 Å². The molecule has 33 heavy (non-hydrogen) atoms. The molecule has 0 radical (unpaired) electrons. The number of hydrogen-bond acceptors (Lipinski definition) is 7. The first kappa shape index (κ1) is 27.5. The monoisotopic (exact) mass is 465 g/mol. The summed E-state index contributed by atoms with van der Waals surface area (Å²) >= 11 is 0. The maximum absolute atomic E-state index is 12.9. The minimum atomic E-state index is -1.33. The van der Waals surface area contributed by atoms with Crippen molar-refractivity contribution in [2.75, 3.05) is 0 Å². The topological polar surface area (TPSA) is 214 Å². The van der Waals surface area contributed by atoms with Crippen LogP contribution in [0.5, 0.6) is 0 Å². The van der Waals surface area contributed by atoms with E-state index >= 15 is 0 Å². The van der Waals surface area contributed by atoms with Gasteiger partial charge < -0.3 is 37.6 Å². The molecule has 1 aromatic carbocycles. The van der Waals surface area contributed by atoms with E-state index in [4.69, 9.17) is 16.6 Å². The maximum atomic E-state index is 12.9. The van der Waals surface area contributed by atoms with Gasteiger partial charge in [0.1, 0.15) is 24.2 Å². The van der Waals surface area contributed by atoms with Gasteiger partial charge in [0.15, 0.2) is 0 Å². The van der Waals surface area contributed by atoms with Crippen LogP contribution in [-0.2, 0) is 30.4 Å². The van der Waals surface area contributed by atoms with E-state index in [1.165, 1.54) is 13.8 Å². The number of primary amides is 1. The molecule has 0 saturated heterocycles. The van der Waals surface area contributed by atoms with Gasteiger partial charge in [0.2, 0.25) is 23.6 Å². The quantitative estimate of drug-likeness (QED) is 0.169. The van der Waals surface area contributed by atoms with Gasteiger partial charge in [0.05, 0.1) is 6.10 Å². The molecular formula is C21H31N5O7. The second-order valence-corrected chi connectivity index (χ2v) is 7.65. The van der Waals surface area contributed by atoms with E-state index in [0.29, 0.717) is 5.56 Å². The Balaban J connectivity index is 3.07. The van der Waals surface area contributed by atoms with Crippen molar-refractivity contribution >= 4 is 29.6 Å². The third kappa shape index (κ3) is 9.66. The zero-order chi connectivity index (χ0) is 25.1. The predicted molar refractivity (Wildman–Crippen MR) is 117 cm³/mol. The summed E-state index contributed by atoms with van der Waals surface area (Å²) in [5.41, 5.74) is 11.4. The van der Waals surface area contributed by atoms with Crippen LogP contribution in [0.4, 0.5) is 0 Å². The van der Waals surface area contributed by atoms with Gasteiger partial charge in [-0.1, -0.05) is 30.3 Å². The number of aliphatic hydroxyl groups is 1. The number of carbonyl (C=O) groups excluding carboxylic acids is 4. The number of nitrogens with two attached hydrogens (primary N) is 2. The summed E-state index contributed by atoms with van der Waals surface area (Å²) in [6.07, 6.45) is -1.58. The lowest BCUT2D eigenvalue weighted by molar-refractivity contribution is -0.141. The molecule has 1 rings (SSSR count). The van der Waals surface area contributed by atoms with E-state index in [2.05, 4.69) is 16.0 Å². The molecule has 0 heterocycles. The van der Waals surface area contributed by atoms with Crippen molar-refractivity contribution in [3.63, 3.8) is 0 Å². The van der Waals surface area contributed by atoms with Gasteiger partial charge in [0.25, 0.3) is 0 Å². The van der Waals surface area contributed by atoms with E-state index in [1.54, 1.807) is 30.3 Å². The molecule has 182 valence electrons. The van der Waals surface area contributed by atoms with Gasteiger partial charge >= 0.3 is 5.97 Å². The molecule has 12 heteroatoms. The molecule has 5 atom stereocenters. The summed E-state index contributed by atoms with van der Waals surface area (Å²) in [5, 5.41) is 25.7. The predicted octanol–water partition coefficient (Wildman–Crippen LogP) is -2.24. The first-order chi connectivity index (χ1) is 15.4. The van der Waals surface area contributed by atoms with Gasteiger partial charge in [0, 0.05) is 12.8 Å². The molecule has 5 unspecified atom stereocenters. The summed E-state index contributed by atoms with van der Waals surface area (Å²) in [6.45, 7) is 2.57. The molecular weight excluding hydrogens is 434 g/mol. The lowest BCUT2D eigenvalue weighted by Crippen LogP contribution is -2.58. The van der Waals surface area contributed by atoms with Crippen molar-refractivity contribution < 1.29 is 34.2 Å². The fourth-order valence-corrected chi connectivity index (χ4v) is 2.75. The minimum absolute atomic E-state index is 0.0361. The first-order valence-electron chi connectivity index (χ1n) is 10.3. The third-order valence-corrected chi connectivity index (χ3v) is 4.78. The summed E-state index contributed by atoms with van der Waals surface area (Å²) < 4.78 is 0. The van der Waals surface area contributed by atoms with Gasteiger partial charge in [-0.05, 0) is 25.8 Å². The van der Waals surface area contributed by atoms with Crippen LogP contribution in [0.2, 0.25) is 0 Å². The Labute approximate surface area is 191 Å². The van der Waals surface area contributed by atoms with Crippen LogP contribution in [0.1, 0.15) is 32.3 Å². The van der Waals surface area contributed by atoms with Crippen molar-refractivity contribution in [2.45, 2.75) is 63.4 Å². The fraction of sp³-hybridized carbons (Fsp3) is 0.476. The molecule has 0 saturated carbocycles. The molecule has 9 N–H and O–H groups in total. The zero-order valence-electron chi connectivity index (χ0n) is 18.5. The molecule has 0 fully saturated rings. The molecule has 0 aliphatic heterocycles. The number of carboxylic acid groups (broad SMARTS) is 1. The average molecular weight is 466 g/mol. The Morgan fingerprint density at radius 3 is 1.97 bits per heavy atom. The molecule has 12 nitrogen and oxygen atoms in total. The number of aliphatic carboxylic acids is 1. The van der Waals surface area contributed by atoms with Gasteiger partial charge in [-0.2, -0.15) is 0 Å². The highest BCUT2D eigenvalue weighted by atomic mass is 16.4. The van der Waals surface area contributed by atoms with Gasteiger partial charge in [-0.15, -0.1) is 0 Å². The highest BCUT2D eigenvalue weighted by Crippen LogP contribution is 2.06. The average Bonchev–Trinajstić information content (AvgIpc) is 2.75. The summed E-state index contributed by atoms with van der Waals surface area (Å²) in [4.78, 5) is 60.2. The van der Waals surface area contributed by atoms with E-state index in [0.717, 1.165) is 0 Å². The van der Waals surface area contributed by atoms with Crippen LogP contribution in [-0.4, -0.2) is 70.1 Å².